The van der Waals surface area contributed by atoms with Crippen molar-refractivity contribution in [1.82, 2.24) is 15.3 Å². The third-order valence-corrected chi connectivity index (χ3v) is 3.36. The van der Waals surface area contributed by atoms with Crippen LogP contribution in [0.1, 0.15) is 12.5 Å². The fourth-order valence-electron chi connectivity index (χ4n) is 2.34. The minimum Gasteiger partial charge on any atom is -0.314 e. The number of hydrogen-bond acceptors (Lipinski definition) is 3. The second-order valence-corrected chi connectivity index (χ2v) is 4.49. The highest BCUT2D eigenvalue weighted by Gasteiger charge is 2.15. The monoisotopic (exact) mass is 233 g/mol. The van der Waals surface area contributed by atoms with E-state index in [1.54, 1.807) is 0 Å². The first-order valence-electron chi connectivity index (χ1n) is 6.64. The molecule has 0 aliphatic carbocycles. The van der Waals surface area contributed by atoms with Gasteiger partial charge in [-0.05, 0) is 12.0 Å². The molecule has 0 spiro atoms. The molecule has 3 heteroatoms. The summed E-state index contributed by atoms with van der Waals surface area (Å²) in [5.41, 5.74) is 1.43. The Labute approximate surface area is 104 Å². The molecule has 3 nitrogen and oxygen atoms in total. The third-order valence-electron chi connectivity index (χ3n) is 3.36. The van der Waals surface area contributed by atoms with E-state index in [1.165, 1.54) is 5.56 Å². The Morgan fingerprint density at radius 2 is 1.88 bits per heavy atom. The molecule has 1 aromatic carbocycles. The van der Waals surface area contributed by atoms with Gasteiger partial charge in [-0.25, -0.2) is 10.0 Å². The summed E-state index contributed by atoms with van der Waals surface area (Å²) in [6.07, 6.45) is 1.14. The first-order chi connectivity index (χ1) is 8.40. The van der Waals surface area contributed by atoms with Crippen LogP contribution in [0, 0.1) is 0 Å². The van der Waals surface area contributed by atoms with E-state index in [2.05, 4.69) is 52.6 Å². The van der Waals surface area contributed by atoms with Crippen molar-refractivity contribution < 1.29 is 0 Å². The van der Waals surface area contributed by atoms with Gasteiger partial charge >= 0.3 is 0 Å². The molecule has 1 aromatic rings. The van der Waals surface area contributed by atoms with Crippen LogP contribution in [0.4, 0.5) is 0 Å². The van der Waals surface area contributed by atoms with Crippen molar-refractivity contribution in [3.8, 4) is 0 Å². The lowest BCUT2D eigenvalue weighted by Crippen LogP contribution is -2.52. The number of benzene rings is 1. The number of nitrogens with zero attached hydrogens (tertiary/aromatic N) is 2. The zero-order valence-electron chi connectivity index (χ0n) is 10.7. The summed E-state index contributed by atoms with van der Waals surface area (Å²) >= 11 is 0. The highest BCUT2D eigenvalue weighted by Crippen LogP contribution is 2.05. The second-order valence-electron chi connectivity index (χ2n) is 4.49. The lowest BCUT2D eigenvalue weighted by atomic mass is 10.1. The summed E-state index contributed by atoms with van der Waals surface area (Å²) in [5.74, 6) is 0. The van der Waals surface area contributed by atoms with E-state index in [9.17, 15) is 0 Å². The number of hydrazine groups is 1. The van der Waals surface area contributed by atoms with Gasteiger partial charge in [0.2, 0.25) is 0 Å². The number of rotatable bonds is 5. The van der Waals surface area contributed by atoms with Crippen molar-refractivity contribution in [3.63, 3.8) is 0 Å². The topological polar surface area (TPSA) is 18.5 Å². The van der Waals surface area contributed by atoms with Gasteiger partial charge in [-0.3, -0.25) is 0 Å². The van der Waals surface area contributed by atoms with Crippen LogP contribution >= 0.6 is 0 Å². The molecule has 1 saturated heterocycles. The Kier molecular flexibility index (Phi) is 4.98. The van der Waals surface area contributed by atoms with E-state index >= 15 is 0 Å². The maximum Gasteiger partial charge on any atom is 0.0259 e. The predicted octanol–water partition coefficient (Wildman–Crippen LogP) is 1.37. The summed E-state index contributed by atoms with van der Waals surface area (Å²) in [7, 11) is 0. The zero-order valence-corrected chi connectivity index (χ0v) is 10.7. The Bertz CT molecular complexity index is 307. The largest absolute Gasteiger partial charge is 0.314 e. The average Bonchev–Trinajstić information content (AvgIpc) is 2.42. The Balaban J connectivity index is 1.82. The van der Waals surface area contributed by atoms with Gasteiger partial charge < -0.3 is 5.32 Å². The highest BCUT2D eigenvalue weighted by atomic mass is 15.6. The number of likely N-dealkylation sites (N-methyl/N-ethyl adjacent to an activating group) is 1. The molecule has 94 valence electrons. The van der Waals surface area contributed by atoms with Crippen molar-refractivity contribution in [3.05, 3.63) is 35.9 Å². The summed E-state index contributed by atoms with van der Waals surface area (Å²) < 4.78 is 0. The minimum absolute atomic E-state index is 1.10. The maximum atomic E-state index is 3.40. The first-order valence-corrected chi connectivity index (χ1v) is 6.64. The van der Waals surface area contributed by atoms with E-state index in [4.69, 9.17) is 0 Å². The molecule has 1 N–H and O–H groups in total. The molecule has 2 rings (SSSR count). The molecule has 17 heavy (non-hydrogen) atoms. The number of hydrogen-bond donors (Lipinski definition) is 1. The van der Waals surface area contributed by atoms with Crippen molar-refractivity contribution in [2.75, 3.05) is 39.3 Å². The predicted molar refractivity (Wildman–Crippen MR) is 71.8 cm³/mol. The standard InChI is InChI=1S/C14H23N3/c1-2-16(17-12-9-15-10-13-17)11-8-14-6-4-3-5-7-14/h3-7,15H,2,8-13H2,1H3. The molecule has 1 fully saturated rings. The SMILES string of the molecule is CCN(CCc1ccccc1)N1CCNCC1. The lowest BCUT2D eigenvalue weighted by molar-refractivity contribution is -0.0287. The number of nitrogens with one attached hydrogen (secondary N) is 1. The summed E-state index contributed by atoms with van der Waals surface area (Å²) in [5, 5.41) is 8.36. The summed E-state index contributed by atoms with van der Waals surface area (Å²) in [4.78, 5) is 0. The van der Waals surface area contributed by atoms with Gasteiger partial charge in [0.1, 0.15) is 0 Å². The average molecular weight is 233 g/mol. The third kappa shape index (κ3) is 3.80. The molecule has 1 heterocycles. The van der Waals surface area contributed by atoms with Crippen molar-refractivity contribution in [2.45, 2.75) is 13.3 Å². The summed E-state index contributed by atoms with van der Waals surface area (Å²) in [6, 6.07) is 10.8. The Morgan fingerprint density at radius 1 is 1.18 bits per heavy atom. The van der Waals surface area contributed by atoms with Crippen LogP contribution in [0.25, 0.3) is 0 Å². The van der Waals surface area contributed by atoms with E-state index in [0.29, 0.717) is 0 Å². The fourth-order valence-corrected chi connectivity index (χ4v) is 2.34. The smallest absolute Gasteiger partial charge is 0.0259 e. The lowest BCUT2D eigenvalue weighted by Gasteiger charge is -2.37. The van der Waals surface area contributed by atoms with Crippen molar-refractivity contribution in [2.24, 2.45) is 0 Å². The van der Waals surface area contributed by atoms with Crippen LogP contribution < -0.4 is 5.32 Å². The fraction of sp³-hybridized carbons (Fsp3) is 0.571. The minimum atomic E-state index is 1.10. The van der Waals surface area contributed by atoms with Gasteiger partial charge in [-0.15, -0.1) is 0 Å². The molecule has 0 bridgehead atoms. The van der Waals surface area contributed by atoms with Crippen LogP contribution in [0.2, 0.25) is 0 Å². The van der Waals surface area contributed by atoms with Gasteiger partial charge in [0, 0.05) is 39.3 Å². The zero-order chi connectivity index (χ0) is 11.9. The van der Waals surface area contributed by atoms with Gasteiger partial charge in [0.15, 0.2) is 0 Å². The molecule has 0 saturated carbocycles. The van der Waals surface area contributed by atoms with Crippen molar-refractivity contribution in [1.29, 1.82) is 0 Å². The normalized spacial score (nSPS) is 17.5. The van der Waals surface area contributed by atoms with Gasteiger partial charge in [-0.2, -0.15) is 0 Å². The first kappa shape index (κ1) is 12.6. The van der Waals surface area contributed by atoms with Crippen LogP contribution in [-0.2, 0) is 6.42 Å². The molecular formula is C14H23N3. The van der Waals surface area contributed by atoms with Crippen molar-refractivity contribution >= 4 is 0 Å². The number of piperazine rings is 1. The van der Waals surface area contributed by atoms with E-state index in [0.717, 1.165) is 45.7 Å². The van der Waals surface area contributed by atoms with E-state index < -0.39 is 0 Å². The Morgan fingerprint density at radius 3 is 2.53 bits per heavy atom. The highest BCUT2D eigenvalue weighted by molar-refractivity contribution is 5.14. The van der Waals surface area contributed by atoms with Crippen LogP contribution in [-0.4, -0.2) is 49.3 Å². The van der Waals surface area contributed by atoms with Crippen LogP contribution in [0.3, 0.4) is 0 Å². The van der Waals surface area contributed by atoms with Gasteiger partial charge in [-0.1, -0.05) is 37.3 Å². The van der Waals surface area contributed by atoms with Crippen LogP contribution in [0.5, 0.6) is 0 Å². The van der Waals surface area contributed by atoms with Crippen LogP contribution in [0.15, 0.2) is 30.3 Å². The van der Waals surface area contributed by atoms with E-state index in [1.807, 2.05) is 0 Å². The summed E-state index contributed by atoms with van der Waals surface area (Å²) in [6.45, 7) is 8.98. The molecule has 1 aliphatic heterocycles. The van der Waals surface area contributed by atoms with Gasteiger partial charge in [0.25, 0.3) is 0 Å². The Hall–Kier alpha value is -0.900. The molecule has 0 unspecified atom stereocenters. The second kappa shape index (κ2) is 6.74. The molecule has 0 aromatic heterocycles. The van der Waals surface area contributed by atoms with Gasteiger partial charge in [0.05, 0.1) is 0 Å². The molecule has 1 aliphatic rings. The van der Waals surface area contributed by atoms with E-state index in [-0.39, 0.29) is 0 Å². The quantitative estimate of drug-likeness (QED) is 0.829. The maximum absolute atomic E-state index is 3.40. The molecule has 0 atom stereocenters. The molecule has 0 amide bonds. The molecular weight excluding hydrogens is 210 g/mol. The molecule has 0 radical (unpaired) electrons.